The SMILES string of the molecule is O=C(NNc1ccc(F)cc1)C(Cc1ccccc1)NS(=O)(=O)c1ccccc1F. The second-order valence-corrected chi connectivity index (χ2v) is 8.10. The molecule has 0 fully saturated rings. The van der Waals surface area contributed by atoms with Crippen LogP contribution in [0.1, 0.15) is 5.56 Å². The molecule has 0 spiro atoms. The van der Waals surface area contributed by atoms with Crippen molar-refractivity contribution in [2.45, 2.75) is 17.4 Å². The standard InChI is InChI=1S/C21H19F2N3O3S/c22-16-10-12-17(13-11-16)24-25-21(27)19(14-15-6-2-1-3-7-15)26-30(28,29)20-9-5-4-8-18(20)23/h1-13,19,24,26H,14H2,(H,25,27). The minimum absolute atomic E-state index is 0.0332. The van der Waals surface area contributed by atoms with Crippen LogP contribution in [0.25, 0.3) is 0 Å². The summed E-state index contributed by atoms with van der Waals surface area (Å²) in [5.74, 6) is -2.05. The Labute approximate surface area is 173 Å². The second kappa shape index (κ2) is 9.47. The number of benzene rings is 3. The van der Waals surface area contributed by atoms with E-state index in [2.05, 4.69) is 15.6 Å². The zero-order chi connectivity index (χ0) is 21.6. The topological polar surface area (TPSA) is 87.3 Å². The molecule has 3 aromatic carbocycles. The number of rotatable bonds is 8. The van der Waals surface area contributed by atoms with Crippen LogP contribution >= 0.6 is 0 Å². The molecular weight excluding hydrogens is 412 g/mol. The largest absolute Gasteiger partial charge is 0.299 e. The first-order valence-corrected chi connectivity index (χ1v) is 10.5. The van der Waals surface area contributed by atoms with Gasteiger partial charge in [0.15, 0.2) is 0 Å². The summed E-state index contributed by atoms with van der Waals surface area (Å²) in [7, 11) is -4.31. The summed E-state index contributed by atoms with van der Waals surface area (Å²) in [6.07, 6.45) is 0.0332. The number of amides is 1. The molecule has 0 bridgehead atoms. The number of halogens is 2. The van der Waals surface area contributed by atoms with Crippen LogP contribution < -0.4 is 15.6 Å². The van der Waals surface area contributed by atoms with Gasteiger partial charge in [-0.1, -0.05) is 42.5 Å². The summed E-state index contributed by atoms with van der Waals surface area (Å²) >= 11 is 0. The van der Waals surface area contributed by atoms with Crippen LogP contribution in [0.5, 0.6) is 0 Å². The van der Waals surface area contributed by atoms with Gasteiger partial charge in [-0.25, -0.2) is 17.2 Å². The Balaban J connectivity index is 1.79. The fourth-order valence-electron chi connectivity index (χ4n) is 2.71. The normalized spacial score (nSPS) is 12.2. The molecule has 0 aliphatic carbocycles. The number of carbonyl (C=O) groups is 1. The Morgan fingerprint density at radius 1 is 0.867 bits per heavy atom. The molecule has 0 heterocycles. The van der Waals surface area contributed by atoms with Gasteiger partial charge in [0.2, 0.25) is 10.0 Å². The molecule has 0 saturated carbocycles. The molecule has 0 aromatic heterocycles. The number of hydrazine groups is 1. The fraction of sp³-hybridized carbons (Fsp3) is 0.0952. The van der Waals surface area contributed by atoms with E-state index < -0.39 is 38.5 Å². The third-order valence-electron chi connectivity index (χ3n) is 4.20. The van der Waals surface area contributed by atoms with E-state index in [-0.39, 0.29) is 6.42 Å². The van der Waals surface area contributed by atoms with Crippen LogP contribution in [-0.4, -0.2) is 20.4 Å². The van der Waals surface area contributed by atoms with E-state index in [4.69, 9.17) is 0 Å². The molecule has 0 aliphatic heterocycles. The number of nitrogens with one attached hydrogen (secondary N) is 3. The first-order chi connectivity index (χ1) is 14.3. The Bertz CT molecular complexity index is 1110. The van der Waals surface area contributed by atoms with Crippen molar-refractivity contribution in [2.75, 3.05) is 5.43 Å². The van der Waals surface area contributed by atoms with E-state index in [1.807, 2.05) is 0 Å². The van der Waals surface area contributed by atoms with Crippen molar-refractivity contribution in [3.8, 4) is 0 Å². The molecular formula is C21H19F2N3O3S. The van der Waals surface area contributed by atoms with E-state index in [0.717, 1.165) is 12.1 Å². The van der Waals surface area contributed by atoms with Crippen LogP contribution in [0.2, 0.25) is 0 Å². The van der Waals surface area contributed by atoms with Crippen molar-refractivity contribution >= 4 is 21.6 Å². The molecule has 3 N–H and O–H groups in total. The molecule has 3 rings (SSSR count). The minimum Gasteiger partial charge on any atom is -0.299 e. The van der Waals surface area contributed by atoms with E-state index in [1.54, 1.807) is 30.3 Å². The molecule has 1 amide bonds. The van der Waals surface area contributed by atoms with E-state index in [1.165, 1.54) is 36.4 Å². The monoisotopic (exact) mass is 431 g/mol. The van der Waals surface area contributed by atoms with E-state index in [0.29, 0.717) is 11.3 Å². The van der Waals surface area contributed by atoms with E-state index >= 15 is 0 Å². The highest BCUT2D eigenvalue weighted by atomic mass is 32.2. The smallest absolute Gasteiger partial charge is 0.256 e. The Hall–Kier alpha value is -3.30. The lowest BCUT2D eigenvalue weighted by Crippen LogP contribution is -2.49. The highest BCUT2D eigenvalue weighted by molar-refractivity contribution is 7.89. The molecule has 0 saturated heterocycles. The summed E-state index contributed by atoms with van der Waals surface area (Å²) in [6, 6.07) is 17.7. The third kappa shape index (κ3) is 5.62. The van der Waals surface area contributed by atoms with Gasteiger partial charge in [-0.05, 0) is 48.4 Å². The third-order valence-corrected chi connectivity index (χ3v) is 5.70. The summed E-state index contributed by atoms with van der Waals surface area (Å²) in [6.45, 7) is 0. The number of sulfonamides is 1. The van der Waals surface area contributed by atoms with Crippen LogP contribution in [0.15, 0.2) is 83.8 Å². The molecule has 156 valence electrons. The van der Waals surface area contributed by atoms with Crippen LogP contribution in [-0.2, 0) is 21.2 Å². The van der Waals surface area contributed by atoms with Crippen molar-refractivity contribution < 1.29 is 22.0 Å². The van der Waals surface area contributed by atoms with Gasteiger partial charge < -0.3 is 0 Å². The Morgan fingerprint density at radius 3 is 2.17 bits per heavy atom. The van der Waals surface area contributed by atoms with Crippen LogP contribution in [0.4, 0.5) is 14.5 Å². The van der Waals surface area contributed by atoms with Gasteiger partial charge >= 0.3 is 0 Å². The molecule has 1 atom stereocenters. The zero-order valence-corrected chi connectivity index (χ0v) is 16.5. The van der Waals surface area contributed by atoms with Gasteiger partial charge in [-0.15, -0.1) is 0 Å². The quantitative estimate of drug-likeness (QED) is 0.479. The van der Waals surface area contributed by atoms with Crippen molar-refractivity contribution in [3.05, 3.63) is 96.1 Å². The second-order valence-electron chi connectivity index (χ2n) is 6.42. The molecule has 6 nitrogen and oxygen atoms in total. The van der Waals surface area contributed by atoms with Gasteiger partial charge in [0.05, 0.1) is 5.69 Å². The number of hydrogen-bond donors (Lipinski definition) is 3. The lowest BCUT2D eigenvalue weighted by Gasteiger charge is -2.19. The fourth-order valence-corrected chi connectivity index (χ4v) is 3.98. The van der Waals surface area contributed by atoms with E-state index in [9.17, 15) is 22.0 Å². The van der Waals surface area contributed by atoms with Gasteiger partial charge in [0, 0.05) is 0 Å². The highest BCUT2D eigenvalue weighted by Crippen LogP contribution is 2.15. The van der Waals surface area contributed by atoms with Crippen molar-refractivity contribution in [1.82, 2.24) is 10.1 Å². The highest BCUT2D eigenvalue weighted by Gasteiger charge is 2.28. The Morgan fingerprint density at radius 2 is 1.50 bits per heavy atom. The summed E-state index contributed by atoms with van der Waals surface area (Å²) in [5.41, 5.74) is 6.10. The van der Waals surface area contributed by atoms with Crippen LogP contribution in [0.3, 0.4) is 0 Å². The summed E-state index contributed by atoms with van der Waals surface area (Å²) < 4.78 is 54.6. The first kappa shape index (κ1) is 21.4. The molecule has 0 radical (unpaired) electrons. The molecule has 9 heteroatoms. The minimum atomic E-state index is -4.31. The average Bonchev–Trinajstić information content (AvgIpc) is 2.73. The first-order valence-electron chi connectivity index (χ1n) is 8.97. The summed E-state index contributed by atoms with van der Waals surface area (Å²) in [5, 5.41) is 0. The predicted octanol–water partition coefficient (Wildman–Crippen LogP) is 3.00. The summed E-state index contributed by atoms with van der Waals surface area (Å²) in [4.78, 5) is 12.2. The van der Waals surface area contributed by atoms with Crippen molar-refractivity contribution in [2.24, 2.45) is 0 Å². The molecule has 3 aromatic rings. The maximum absolute atomic E-state index is 14.0. The van der Waals surface area contributed by atoms with Crippen molar-refractivity contribution in [3.63, 3.8) is 0 Å². The lowest BCUT2D eigenvalue weighted by atomic mass is 10.1. The lowest BCUT2D eigenvalue weighted by molar-refractivity contribution is -0.122. The zero-order valence-electron chi connectivity index (χ0n) is 15.7. The molecule has 30 heavy (non-hydrogen) atoms. The number of carbonyl (C=O) groups excluding carboxylic acids is 1. The maximum atomic E-state index is 14.0. The van der Waals surface area contributed by atoms with Gasteiger partial charge in [-0.3, -0.25) is 15.6 Å². The predicted molar refractivity (Wildman–Crippen MR) is 109 cm³/mol. The van der Waals surface area contributed by atoms with Crippen molar-refractivity contribution in [1.29, 1.82) is 0 Å². The van der Waals surface area contributed by atoms with Gasteiger partial charge in [-0.2, -0.15) is 4.72 Å². The molecule has 1 unspecified atom stereocenters. The van der Waals surface area contributed by atoms with Gasteiger partial charge in [0.1, 0.15) is 22.6 Å². The number of hydrogen-bond acceptors (Lipinski definition) is 4. The Kier molecular flexibility index (Phi) is 6.76. The molecule has 0 aliphatic rings. The maximum Gasteiger partial charge on any atom is 0.256 e. The number of anilines is 1. The van der Waals surface area contributed by atoms with Gasteiger partial charge in [0.25, 0.3) is 5.91 Å². The van der Waals surface area contributed by atoms with Crippen LogP contribution in [0, 0.1) is 11.6 Å². The average molecular weight is 431 g/mol.